The Labute approximate surface area is 195 Å². The monoisotopic (exact) mass is 440 g/mol. The van der Waals surface area contributed by atoms with Gasteiger partial charge in [0.1, 0.15) is 5.82 Å². The van der Waals surface area contributed by atoms with Crippen LogP contribution in [0.5, 0.6) is 0 Å². The Hall–Kier alpha value is -3.24. The number of aryl methyl sites for hydroxylation is 1. The van der Waals surface area contributed by atoms with Gasteiger partial charge in [-0.1, -0.05) is 54.1 Å². The molecular formula is C29H29FN2O. The summed E-state index contributed by atoms with van der Waals surface area (Å²) in [6.07, 6.45) is 7.00. The van der Waals surface area contributed by atoms with Crippen molar-refractivity contribution < 1.29 is 9.18 Å². The van der Waals surface area contributed by atoms with Crippen molar-refractivity contribution in [2.75, 3.05) is 31.6 Å². The van der Waals surface area contributed by atoms with Crippen molar-refractivity contribution in [1.29, 1.82) is 0 Å². The van der Waals surface area contributed by atoms with E-state index in [1.807, 2.05) is 36.4 Å². The Morgan fingerprint density at radius 2 is 1.76 bits per heavy atom. The molecule has 1 heterocycles. The summed E-state index contributed by atoms with van der Waals surface area (Å²) >= 11 is 0. The average molecular weight is 441 g/mol. The van der Waals surface area contributed by atoms with Gasteiger partial charge in [0.25, 0.3) is 5.91 Å². The van der Waals surface area contributed by atoms with Crippen molar-refractivity contribution in [3.8, 4) is 11.1 Å². The van der Waals surface area contributed by atoms with E-state index in [4.69, 9.17) is 0 Å². The van der Waals surface area contributed by atoms with Gasteiger partial charge in [-0.25, -0.2) is 4.39 Å². The normalized spacial score (nSPS) is 15.8. The minimum absolute atomic E-state index is 0.213. The molecule has 0 spiro atoms. The lowest BCUT2D eigenvalue weighted by atomic mass is 9.91. The van der Waals surface area contributed by atoms with Crippen LogP contribution in [0.2, 0.25) is 0 Å². The maximum atomic E-state index is 14.8. The van der Waals surface area contributed by atoms with Gasteiger partial charge in [0, 0.05) is 30.4 Å². The Balaban J connectivity index is 1.32. The number of carbonyl (C=O) groups is 1. The summed E-state index contributed by atoms with van der Waals surface area (Å²) in [5, 5.41) is 0. The van der Waals surface area contributed by atoms with Gasteiger partial charge < -0.3 is 4.90 Å². The van der Waals surface area contributed by atoms with Crippen molar-refractivity contribution in [3.63, 3.8) is 0 Å². The van der Waals surface area contributed by atoms with E-state index in [0.717, 1.165) is 30.6 Å². The van der Waals surface area contributed by atoms with Crippen molar-refractivity contribution in [2.45, 2.75) is 25.7 Å². The van der Waals surface area contributed by atoms with E-state index < -0.39 is 0 Å². The molecular weight excluding hydrogens is 411 g/mol. The molecule has 1 aliphatic heterocycles. The highest BCUT2D eigenvalue weighted by Gasteiger charge is 2.20. The molecule has 0 N–H and O–H groups in total. The van der Waals surface area contributed by atoms with E-state index in [0.29, 0.717) is 11.1 Å². The first-order valence-corrected chi connectivity index (χ1v) is 11.8. The van der Waals surface area contributed by atoms with Crippen molar-refractivity contribution in [2.24, 2.45) is 0 Å². The third-order valence-corrected chi connectivity index (χ3v) is 6.82. The van der Waals surface area contributed by atoms with E-state index in [-0.39, 0.29) is 11.7 Å². The van der Waals surface area contributed by atoms with E-state index in [1.54, 1.807) is 24.1 Å². The fourth-order valence-corrected chi connectivity index (χ4v) is 4.91. The molecule has 4 heteroatoms. The minimum atomic E-state index is -0.387. The highest BCUT2D eigenvalue weighted by atomic mass is 19.1. The first kappa shape index (κ1) is 21.6. The molecule has 1 saturated heterocycles. The molecule has 0 aromatic heterocycles. The number of amides is 1. The van der Waals surface area contributed by atoms with Gasteiger partial charge in [-0.3, -0.25) is 9.69 Å². The predicted octanol–water partition coefficient (Wildman–Crippen LogP) is 6.19. The number of hydrogen-bond donors (Lipinski definition) is 0. The van der Waals surface area contributed by atoms with Crippen LogP contribution < -0.4 is 4.90 Å². The number of carbonyl (C=O) groups excluding carboxylic acids is 1. The number of likely N-dealkylation sites (tertiary alicyclic amines) is 1. The molecule has 0 radical (unpaired) electrons. The second-order valence-electron chi connectivity index (χ2n) is 9.09. The van der Waals surface area contributed by atoms with Crippen LogP contribution in [0.15, 0.2) is 72.3 Å². The molecule has 0 saturated carbocycles. The number of halogens is 1. The zero-order chi connectivity index (χ0) is 22.8. The third-order valence-electron chi connectivity index (χ3n) is 6.82. The van der Waals surface area contributed by atoms with Crippen molar-refractivity contribution >= 4 is 17.7 Å². The highest BCUT2D eigenvalue weighted by Crippen LogP contribution is 2.30. The summed E-state index contributed by atoms with van der Waals surface area (Å²) in [4.78, 5) is 17.3. The molecule has 33 heavy (non-hydrogen) atoms. The second kappa shape index (κ2) is 9.32. The minimum Gasteiger partial charge on any atom is -0.311 e. The van der Waals surface area contributed by atoms with Crippen LogP contribution in [-0.4, -0.2) is 37.5 Å². The van der Waals surface area contributed by atoms with Gasteiger partial charge in [0.2, 0.25) is 0 Å². The van der Waals surface area contributed by atoms with E-state index >= 15 is 0 Å². The molecule has 3 aromatic rings. The van der Waals surface area contributed by atoms with Crippen LogP contribution in [0.4, 0.5) is 10.1 Å². The maximum absolute atomic E-state index is 14.8. The molecule has 0 atom stereocenters. The van der Waals surface area contributed by atoms with Crippen LogP contribution in [0.1, 0.15) is 40.7 Å². The summed E-state index contributed by atoms with van der Waals surface area (Å²) < 4.78 is 14.8. The largest absolute Gasteiger partial charge is 0.311 e. The number of fused-ring (bicyclic) bond motifs is 1. The van der Waals surface area contributed by atoms with Crippen LogP contribution in [0.25, 0.3) is 17.2 Å². The van der Waals surface area contributed by atoms with Crippen LogP contribution >= 0.6 is 0 Å². The van der Waals surface area contributed by atoms with E-state index in [2.05, 4.69) is 23.1 Å². The first-order valence-electron chi connectivity index (χ1n) is 11.8. The number of nitrogens with zero attached hydrogens (tertiary/aromatic N) is 2. The average Bonchev–Trinajstić information content (AvgIpc) is 3.36. The molecule has 3 aromatic carbocycles. The van der Waals surface area contributed by atoms with Crippen LogP contribution in [-0.2, 0) is 6.42 Å². The van der Waals surface area contributed by atoms with Gasteiger partial charge in [-0.05, 0) is 79.7 Å². The molecule has 0 bridgehead atoms. The lowest BCUT2D eigenvalue weighted by molar-refractivity contribution is 0.0992. The Morgan fingerprint density at radius 3 is 2.52 bits per heavy atom. The fraction of sp³-hybridized carbons (Fsp3) is 0.276. The number of anilines is 1. The molecule has 1 fully saturated rings. The summed E-state index contributed by atoms with van der Waals surface area (Å²) in [5.74, 6) is -0.601. The quantitative estimate of drug-likeness (QED) is 0.472. The second-order valence-corrected chi connectivity index (χ2v) is 9.09. The highest BCUT2D eigenvalue weighted by molar-refractivity contribution is 6.06. The van der Waals surface area contributed by atoms with Crippen LogP contribution in [0.3, 0.4) is 0 Å². The Bertz CT molecular complexity index is 1200. The van der Waals surface area contributed by atoms with Crippen molar-refractivity contribution in [3.05, 3.63) is 94.8 Å². The van der Waals surface area contributed by atoms with Crippen molar-refractivity contribution in [1.82, 2.24) is 4.90 Å². The van der Waals surface area contributed by atoms with Gasteiger partial charge >= 0.3 is 0 Å². The topological polar surface area (TPSA) is 23.6 Å². The molecule has 168 valence electrons. The Morgan fingerprint density at radius 1 is 0.970 bits per heavy atom. The summed E-state index contributed by atoms with van der Waals surface area (Å²) in [5.41, 5.74) is 6.49. The molecule has 0 unspecified atom stereocenters. The van der Waals surface area contributed by atoms with Gasteiger partial charge in [0.15, 0.2) is 0 Å². The molecule has 1 aliphatic carbocycles. The van der Waals surface area contributed by atoms with E-state index in [1.165, 1.54) is 48.7 Å². The lowest BCUT2D eigenvalue weighted by Crippen LogP contribution is -2.26. The summed E-state index contributed by atoms with van der Waals surface area (Å²) in [6, 6.07) is 20.3. The molecule has 2 aliphatic rings. The summed E-state index contributed by atoms with van der Waals surface area (Å²) in [7, 11) is 1.75. The maximum Gasteiger partial charge on any atom is 0.258 e. The first-order chi connectivity index (χ1) is 16.1. The standard InChI is InChI=1S/C29H29FN2O/c1-31(29(33)25-12-14-27(28(30)19-25)22-7-3-2-4-8-22)26-13-11-23-17-21(9-10-24(23)18-26)20-32-15-5-6-16-32/h2-4,7-8,11-14,17-19H,5-6,9-10,15-16,20H2,1H3. The molecule has 1 amide bonds. The smallest absolute Gasteiger partial charge is 0.258 e. The van der Waals surface area contributed by atoms with Gasteiger partial charge in [-0.2, -0.15) is 0 Å². The number of benzene rings is 3. The predicted molar refractivity (Wildman–Crippen MR) is 133 cm³/mol. The zero-order valence-electron chi connectivity index (χ0n) is 19.1. The fourth-order valence-electron chi connectivity index (χ4n) is 4.91. The Kier molecular flexibility index (Phi) is 6.10. The van der Waals surface area contributed by atoms with Gasteiger partial charge in [0.05, 0.1) is 0 Å². The SMILES string of the molecule is CN(C(=O)c1ccc(-c2ccccc2)c(F)c1)c1ccc2c(c1)CCC(CN1CCCC1)=C2. The zero-order valence-corrected chi connectivity index (χ0v) is 19.1. The lowest BCUT2D eigenvalue weighted by Gasteiger charge is -2.24. The van der Waals surface area contributed by atoms with Gasteiger partial charge in [-0.15, -0.1) is 0 Å². The van der Waals surface area contributed by atoms with Crippen LogP contribution in [0, 0.1) is 5.82 Å². The molecule has 3 nitrogen and oxygen atoms in total. The molecule has 5 rings (SSSR count). The van der Waals surface area contributed by atoms with E-state index in [9.17, 15) is 9.18 Å². The summed E-state index contributed by atoms with van der Waals surface area (Å²) in [6.45, 7) is 3.50. The number of hydrogen-bond acceptors (Lipinski definition) is 2. The third kappa shape index (κ3) is 4.62. The number of rotatable bonds is 5.